The molecular formula is C15H16F3N3. The molecule has 1 heterocycles. The standard InChI is InChI=1S/C15H16F3N3/c1-10(11-4-3-5-13(19)8-11)21(2)14-7-6-12(9-20-14)15(16,17)18/h3-10H,19H2,1-2H3. The number of benzene rings is 1. The van der Waals surface area contributed by atoms with Gasteiger partial charge in [-0.05, 0) is 36.8 Å². The summed E-state index contributed by atoms with van der Waals surface area (Å²) in [7, 11) is 1.78. The molecule has 6 heteroatoms. The van der Waals surface area contributed by atoms with Crippen LogP contribution < -0.4 is 10.6 Å². The highest BCUT2D eigenvalue weighted by atomic mass is 19.4. The largest absolute Gasteiger partial charge is 0.417 e. The molecule has 0 bridgehead atoms. The molecule has 0 aliphatic rings. The predicted octanol–water partition coefficient (Wildman–Crippen LogP) is 3.88. The van der Waals surface area contributed by atoms with Gasteiger partial charge >= 0.3 is 6.18 Å². The number of halogens is 3. The van der Waals surface area contributed by atoms with Crippen molar-refractivity contribution in [2.45, 2.75) is 19.1 Å². The van der Waals surface area contributed by atoms with Crippen molar-refractivity contribution in [1.29, 1.82) is 0 Å². The molecule has 0 saturated heterocycles. The minimum absolute atomic E-state index is 0.0577. The number of rotatable bonds is 3. The molecule has 112 valence electrons. The Bertz CT molecular complexity index is 608. The highest BCUT2D eigenvalue weighted by molar-refractivity contribution is 5.46. The maximum Gasteiger partial charge on any atom is 0.417 e. The average molecular weight is 295 g/mol. The van der Waals surface area contributed by atoms with E-state index in [1.165, 1.54) is 6.07 Å². The summed E-state index contributed by atoms with van der Waals surface area (Å²) in [5.41, 5.74) is 6.61. The van der Waals surface area contributed by atoms with Crippen molar-refractivity contribution >= 4 is 11.5 Å². The van der Waals surface area contributed by atoms with Crippen LogP contribution in [0.15, 0.2) is 42.6 Å². The van der Waals surface area contributed by atoms with Crippen molar-refractivity contribution in [1.82, 2.24) is 4.98 Å². The summed E-state index contributed by atoms with van der Waals surface area (Å²) in [6.07, 6.45) is -3.53. The van der Waals surface area contributed by atoms with Gasteiger partial charge < -0.3 is 10.6 Å². The van der Waals surface area contributed by atoms with Crippen molar-refractivity contribution in [3.8, 4) is 0 Å². The molecule has 21 heavy (non-hydrogen) atoms. The molecule has 0 aliphatic heterocycles. The van der Waals surface area contributed by atoms with E-state index in [0.717, 1.165) is 17.8 Å². The Balaban J connectivity index is 2.21. The second-order valence-corrected chi connectivity index (χ2v) is 4.86. The van der Waals surface area contributed by atoms with E-state index in [1.54, 1.807) is 18.0 Å². The first-order valence-electron chi connectivity index (χ1n) is 6.40. The van der Waals surface area contributed by atoms with Crippen LogP contribution in [0, 0.1) is 0 Å². The Labute approximate surface area is 121 Å². The van der Waals surface area contributed by atoms with Crippen LogP contribution in [0.25, 0.3) is 0 Å². The Morgan fingerprint density at radius 2 is 1.90 bits per heavy atom. The fraction of sp³-hybridized carbons (Fsp3) is 0.267. The first kappa shape index (κ1) is 15.2. The Morgan fingerprint density at radius 1 is 1.19 bits per heavy atom. The third-order valence-electron chi connectivity index (χ3n) is 3.41. The summed E-state index contributed by atoms with van der Waals surface area (Å²) >= 11 is 0. The smallest absolute Gasteiger partial charge is 0.399 e. The average Bonchev–Trinajstić information content (AvgIpc) is 2.45. The Hall–Kier alpha value is -2.24. The van der Waals surface area contributed by atoms with E-state index in [4.69, 9.17) is 5.73 Å². The van der Waals surface area contributed by atoms with Gasteiger partial charge in [-0.1, -0.05) is 12.1 Å². The molecule has 0 radical (unpaired) electrons. The van der Waals surface area contributed by atoms with E-state index in [0.29, 0.717) is 11.5 Å². The van der Waals surface area contributed by atoms with E-state index >= 15 is 0 Å². The molecule has 3 nitrogen and oxygen atoms in total. The lowest BCUT2D eigenvalue weighted by molar-refractivity contribution is -0.137. The molecule has 0 amide bonds. The molecule has 2 aromatic rings. The van der Waals surface area contributed by atoms with Crippen LogP contribution in [0.1, 0.15) is 24.1 Å². The predicted molar refractivity (Wildman–Crippen MR) is 76.9 cm³/mol. The zero-order valence-corrected chi connectivity index (χ0v) is 11.7. The van der Waals surface area contributed by atoms with Crippen LogP contribution in [0.3, 0.4) is 0 Å². The van der Waals surface area contributed by atoms with Gasteiger partial charge in [-0.25, -0.2) is 4.98 Å². The molecule has 0 aliphatic carbocycles. The summed E-state index contributed by atoms with van der Waals surface area (Å²) in [5.74, 6) is 0.470. The molecule has 1 unspecified atom stereocenters. The van der Waals surface area contributed by atoms with Gasteiger partial charge in [0.2, 0.25) is 0 Å². The van der Waals surface area contributed by atoms with Crippen LogP contribution in [-0.2, 0) is 6.18 Å². The lowest BCUT2D eigenvalue weighted by atomic mass is 10.1. The van der Waals surface area contributed by atoms with Gasteiger partial charge in [0.1, 0.15) is 5.82 Å². The number of nitrogens with zero attached hydrogens (tertiary/aromatic N) is 2. The number of hydrogen-bond acceptors (Lipinski definition) is 3. The SMILES string of the molecule is CC(c1cccc(N)c1)N(C)c1ccc(C(F)(F)F)cn1. The molecular weight excluding hydrogens is 279 g/mol. The van der Waals surface area contributed by atoms with Crippen molar-refractivity contribution in [3.63, 3.8) is 0 Å². The van der Waals surface area contributed by atoms with Crippen LogP contribution in [0.5, 0.6) is 0 Å². The van der Waals surface area contributed by atoms with E-state index in [-0.39, 0.29) is 6.04 Å². The summed E-state index contributed by atoms with van der Waals surface area (Å²) in [6, 6.07) is 9.73. The van der Waals surface area contributed by atoms with Crippen LogP contribution in [0.4, 0.5) is 24.7 Å². The van der Waals surface area contributed by atoms with Gasteiger partial charge in [0, 0.05) is 18.9 Å². The minimum atomic E-state index is -4.37. The second kappa shape index (κ2) is 5.63. The molecule has 0 fully saturated rings. The topological polar surface area (TPSA) is 42.1 Å². The van der Waals surface area contributed by atoms with E-state index in [9.17, 15) is 13.2 Å². The zero-order chi connectivity index (χ0) is 15.6. The summed E-state index contributed by atoms with van der Waals surface area (Å²) < 4.78 is 37.6. The van der Waals surface area contributed by atoms with Crippen molar-refractivity contribution in [2.75, 3.05) is 17.7 Å². The highest BCUT2D eigenvalue weighted by Gasteiger charge is 2.30. The fourth-order valence-corrected chi connectivity index (χ4v) is 2.00. The molecule has 1 aromatic heterocycles. The van der Waals surface area contributed by atoms with Crippen molar-refractivity contribution in [3.05, 3.63) is 53.7 Å². The van der Waals surface area contributed by atoms with Gasteiger partial charge in [0.15, 0.2) is 0 Å². The molecule has 1 aromatic carbocycles. The van der Waals surface area contributed by atoms with Gasteiger partial charge in [0.25, 0.3) is 0 Å². The summed E-state index contributed by atoms with van der Waals surface area (Å²) in [6.45, 7) is 1.94. The monoisotopic (exact) mass is 295 g/mol. The first-order valence-corrected chi connectivity index (χ1v) is 6.40. The third kappa shape index (κ3) is 3.45. The number of alkyl halides is 3. The Morgan fingerprint density at radius 3 is 2.43 bits per heavy atom. The lowest BCUT2D eigenvalue weighted by Crippen LogP contribution is -2.23. The van der Waals surface area contributed by atoms with Gasteiger partial charge in [-0.3, -0.25) is 0 Å². The van der Waals surface area contributed by atoms with Crippen molar-refractivity contribution < 1.29 is 13.2 Å². The second-order valence-electron chi connectivity index (χ2n) is 4.86. The van der Waals surface area contributed by atoms with Gasteiger partial charge in [0.05, 0.1) is 11.6 Å². The third-order valence-corrected chi connectivity index (χ3v) is 3.41. The lowest BCUT2D eigenvalue weighted by Gasteiger charge is -2.26. The number of pyridine rings is 1. The summed E-state index contributed by atoms with van der Waals surface area (Å²) in [5, 5.41) is 0. The maximum atomic E-state index is 12.5. The van der Waals surface area contributed by atoms with Crippen molar-refractivity contribution in [2.24, 2.45) is 0 Å². The number of aromatic nitrogens is 1. The molecule has 0 saturated carbocycles. The van der Waals surface area contributed by atoms with Gasteiger partial charge in [-0.2, -0.15) is 13.2 Å². The first-order chi connectivity index (χ1) is 9.79. The number of anilines is 2. The van der Waals surface area contributed by atoms with Crippen LogP contribution >= 0.6 is 0 Å². The van der Waals surface area contributed by atoms with E-state index < -0.39 is 11.7 Å². The fourth-order valence-electron chi connectivity index (χ4n) is 2.00. The highest BCUT2D eigenvalue weighted by Crippen LogP contribution is 2.30. The summed E-state index contributed by atoms with van der Waals surface area (Å²) in [4.78, 5) is 5.69. The van der Waals surface area contributed by atoms with Crippen LogP contribution in [-0.4, -0.2) is 12.0 Å². The van der Waals surface area contributed by atoms with E-state index in [2.05, 4.69) is 4.98 Å². The maximum absolute atomic E-state index is 12.5. The van der Waals surface area contributed by atoms with Crippen LogP contribution in [0.2, 0.25) is 0 Å². The number of nitrogens with two attached hydrogens (primary N) is 1. The molecule has 2 rings (SSSR count). The number of hydrogen-bond donors (Lipinski definition) is 1. The minimum Gasteiger partial charge on any atom is -0.399 e. The molecule has 1 atom stereocenters. The quantitative estimate of drug-likeness (QED) is 0.874. The van der Waals surface area contributed by atoms with E-state index in [1.807, 2.05) is 25.1 Å². The molecule has 2 N–H and O–H groups in total. The zero-order valence-electron chi connectivity index (χ0n) is 11.7. The number of nitrogen functional groups attached to an aromatic ring is 1. The normalized spacial score (nSPS) is 13.0. The molecule has 0 spiro atoms. The Kier molecular flexibility index (Phi) is 4.06. The van der Waals surface area contributed by atoms with Gasteiger partial charge in [-0.15, -0.1) is 0 Å².